The van der Waals surface area contributed by atoms with Gasteiger partial charge in [-0.2, -0.15) is 0 Å². The monoisotopic (exact) mass is 916 g/mol. The van der Waals surface area contributed by atoms with Gasteiger partial charge in [-0.25, -0.2) is 4.79 Å². The van der Waals surface area contributed by atoms with Gasteiger partial charge in [0, 0.05) is 56.6 Å². The molecule has 0 atom stereocenters. The molecule has 0 aliphatic carbocycles. The van der Waals surface area contributed by atoms with Crippen LogP contribution >= 0.6 is 21.6 Å². The molecule has 17 heteroatoms. The first-order valence-corrected chi connectivity index (χ1v) is 26.1. The van der Waals surface area contributed by atoms with Crippen LogP contribution in [0.25, 0.3) is 0 Å². The number of nitrogens with one attached hydrogen (secondary N) is 1. The van der Waals surface area contributed by atoms with Crippen LogP contribution in [0.2, 0.25) is 0 Å². The van der Waals surface area contributed by atoms with E-state index < -0.39 is 12.1 Å². The smallest absolute Gasteiger partial charge is 0.409 e. The van der Waals surface area contributed by atoms with Crippen molar-refractivity contribution in [2.24, 2.45) is 0 Å². The third-order valence-corrected chi connectivity index (χ3v) is 12.3. The van der Waals surface area contributed by atoms with Gasteiger partial charge < -0.3 is 33.9 Å². The van der Waals surface area contributed by atoms with Gasteiger partial charge >= 0.3 is 30.0 Å². The van der Waals surface area contributed by atoms with Crippen LogP contribution in [0.5, 0.6) is 0 Å². The van der Waals surface area contributed by atoms with Crippen LogP contribution < -0.4 is 5.32 Å². The molecule has 15 nitrogen and oxygen atoms in total. The average molecular weight is 916 g/mol. The molecule has 0 fully saturated rings. The van der Waals surface area contributed by atoms with Gasteiger partial charge in [-0.1, -0.05) is 118 Å². The summed E-state index contributed by atoms with van der Waals surface area (Å²) in [5, 5.41) is 11.4. The Morgan fingerprint density at radius 2 is 1.29 bits per heavy atom. The second-order valence-electron chi connectivity index (χ2n) is 15.4. The van der Waals surface area contributed by atoms with Crippen LogP contribution in [0.1, 0.15) is 168 Å². The highest BCUT2D eigenvalue weighted by Gasteiger charge is 2.18. The molecule has 1 aromatic rings. The number of carbonyl (C=O) groups excluding carboxylic acids is 5. The van der Waals surface area contributed by atoms with Crippen LogP contribution in [0, 0.1) is 0 Å². The number of unbranched alkanes of at least 4 members (excludes halogenated alkanes) is 12. The largest absolute Gasteiger partial charge is 0.465 e. The molecule has 1 amide bonds. The third-order valence-electron chi connectivity index (χ3n) is 9.93. The fourth-order valence-corrected chi connectivity index (χ4v) is 8.07. The first-order chi connectivity index (χ1) is 30.2. The zero-order chi connectivity index (χ0) is 45.3. The standard InChI is InChI=1S/C45H81N5O10S2/c1-5-9-11-13-15-18-23-40(24-19-16-14-12-10-6-2)60-43(53)25-20-17-21-30-50-38-39(47-48-50)27-32-57-42(52)26-31-49(29-22-28-46-37-44(54)56-8-4)45(55)59-34-36-62-61-35-33-58-41(51)7-3/h38,40,46H,5-37H2,1-4H3. The Kier molecular flexibility index (Phi) is 37.4. The predicted octanol–water partition coefficient (Wildman–Crippen LogP) is 9.04. The van der Waals surface area contributed by atoms with Gasteiger partial charge in [0.25, 0.3) is 0 Å². The van der Waals surface area contributed by atoms with Crippen molar-refractivity contribution in [2.45, 2.75) is 182 Å². The van der Waals surface area contributed by atoms with E-state index in [1.165, 1.54) is 90.7 Å². The SMILES string of the molecule is CCCCCCCCC(CCCCCCCC)OC(=O)CCCCCn1cc(CCOC(=O)CCN(CCCNCC(=O)OCC)C(=O)OCCSSCCOC(=O)CC)nn1. The predicted molar refractivity (Wildman–Crippen MR) is 247 cm³/mol. The van der Waals surface area contributed by atoms with Crippen molar-refractivity contribution in [3.05, 3.63) is 11.9 Å². The van der Waals surface area contributed by atoms with Crippen molar-refractivity contribution < 1.29 is 47.7 Å². The summed E-state index contributed by atoms with van der Waals surface area (Å²) in [4.78, 5) is 62.6. The minimum Gasteiger partial charge on any atom is -0.465 e. The van der Waals surface area contributed by atoms with Crippen molar-refractivity contribution >= 4 is 51.6 Å². The Morgan fingerprint density at radius 1 is 0.661 bits per heavy atom. The minimum absolute atomic E-state index is 0.00836. The lowest BCUT2D eigenvalue weighted by molar-refractivity contribution is -0.150. The van der Waals surface area contributed by atoms with E-state index in [4.69, 9.17) is 23.7 Å². The number of nitrogens with zero attached hydrogens (tertiary/aromatic N) is 4. The fourth-order valence-electron chi connectivity index (χ4n) is 6.42. The highest BCUT2D eigenvalue weighted by atomic mass is 33.1. The zero-order valence-electron chi connectivity index (χ0n) is 38.7. The zero-order valence-corrected chi connectivity index (χ0v) is 40.3. The maximum Gasteiger partial charge on any atom is 0.409 e. The van der Waals surface area contributed by atoms with E-state index in [0.29, 0.717) is 75.7 Å². The number of aryl methyl sites for hydroxylation is 1. The number of rotatable bonds is 42. The molecule has 0 spiro atoms. The van der Waals surface area contributed by atoms with E-state index in [0.717, 1.165) is 44.9 Å². The Hall–Kier alpha value is -3.05. The summed E-state index contributed by atoms with van der Waals surface area (Å²) < 4.78 is 28.7. The van der Waals surface area contributed by atoms with Crippen LogP contribution in [-0.4, -0.2) is 120 Å². The number of carbonyl (C=O) groups is 5. The number of amides is 1. The van der Waals surface area contributed by atoms with Gasteiger partial charge in [0.05, 0.1) is 31.9 Å². The first-order valence-electron chi connectivity index (χ1n) is 23.6. The number of aromatic nitrogens is 3. The maximum absolute atomic E-state index is 12.9. The van der Waals surface area contributed by atoms with Crippen LogP contribution in [0.4, 0.5) is 4.79 Å². The topological polar surface area (TPSA) is 177 Å². The van der Waals surface area contributed by atoms with E-state index in [9.17, 15) is 24.0 Å². The quantitative estimate of drug-likeness (QED) is 0.0284. The summed E-state index contributed by atoms with van der Waals surface area (Å²) in [5.41, 5.74) is 0.710. The molecule has 1 aromatic heterocycles. The van der Waals surface area contributed by atoms with Crippen molar-refractivity contribution in [2.75, 3.05) is 64.1 Å². The molecule has 0 radical (unpaired) electrons. The normalized spacial score (nSPS) is 11.1. The molecule has 62 heavy (non-hydrogen) atoms. The van der Waals surface area contributed by atoms with Gasteiger partial charge in [0.1, 0.15) is 19.3 Å². The molecule has 0 aliphatic rings. The Bertz CT molecular complexity index is 1290. The molecule has 358 valence electrons. The maximum atomic E-state index is 12.9. The summed E-state index contributed by atoms with van der Waals surface area (Å²) in [6.07, 6.45) is 22.4. The lowest BCUT2D eigenvalue weighted by Crippen LogP contribution is -2.36. The van der Waals surface area contributed by atoms with E-state index >= 15 is 0 Å². The average Bonchev–Trinajstić information content (AvgIpc) is 3.71. The third kappa shape index (κ3) is 33.5. The minimum atomic E-state index is -0.534. The van der Waals surface area contributed by atoms with Gasteiger partial charge in [0.15, 0.2) is 0 Å². The number of ether oxygens (including phenoxy) is 5. The summed E-state index contributed by atoms with van der Waals surface area (Å²) in [6, 6.07) is 0. The molecule has 0 saturated heterocycles. The first kappa shape index (κ1) is 57.0. The van der Waals surface area contributed by atoms with Crippen molar-refractivity contribution in [1.29, 1.82) is 0 Å². The Labute approximate surface area is 380 Å². The van der Waals surface area contributed by atoms with Gasteiger partial charge in [-0.3, -0.25) is 23.9 Å². The molecule has 1 rings (SSSR count). The van der Waals surface area contributed by atoms with E-state index in [1.54, 1.807) is 18.5 Å². The number of esters is 4. The molecular formula is C45H81N5O10S2. The van der Waals surface area contributed by atoms with Gasteiger partial charge in [-0.05, 0) is 58.4 Å². The Balaban J connectivity index is 2.40. The van der Waals surface area contributed by atoms with Crippen molar-refractivity contribution in [3.63, 3.8) is 0 Å². The second-order valence-corrected chi connectivity index (χ2v) is 18.1. The van der Waals surface area contributed by atoms with Crippen molar-refractivity contribution in [3.8, 4) is 0 Å². The van der Waals surface area contributed by atoms with Crippen molar-refractivity contribution in [1.82, 2.24) is 25.2 Å². The fraction of sp³-hybridized carbons (Fsp3) is 0.844. The molecule has 0 bridgehead atoms. The lowest BCUT2D eigenvalue weighted by Gasteiger charge is -2.22. The van der Waals surface area contributed by atoms with Gasteiger partial charge in [0.2, 0.25) is 0 Å². The van der Waals surface area contributed by atoms with Gasteiger partial charge in [-0.15, -0.1) is 5.10 Å². The molecular weight excluding hydrogens is 835 g/mol. The number of hydrogen-bond acceptors (Lipinski definition) is 15. The highest BCUT2D eigenvalue weighted by Crippen LogP contribution is 2.21. The molecule has 1 heterocycles. The van der Waals surface area contributed by atoms with Crippen LogP contribution in [0.3, 0.4) is 0 Å². The molecule has 0 aliphatic heterocycles. The van der Waals surface area contributed by atoms with E-state index in [-0.39, 0.29) is 56.7 Å². The molecule has 0 unspecified atom stereocenters. The van der Waals surface area contributed by atoms with E-state index in [2.05, 4.69) is 29.5 Å². The molecule has 1 N–H and O–H groups in total. The summed E-state index contributed by atoms with van der Waals surface area (Å²) >= 11 is 0. The van der Waals surface area contributed by atoms with Crippen LogP contribution in [-0.2, 0) is 55.8 Å². The summed E-state index contributed by atoms with van der Waals surface area (Å²) in [5.74, 6) is 0.0818. The van der Waals surface area contributed by atoms with E-state index in [1.807, 2.05) is 6.20 Å². The lowest BCUT2D eigenvalue weighted by atomic mass is 10.0. The molecule has 0 saturated carbocycles. The number of hydrogen-bond donors (Lipinski definition) is 1. The molecule has 0 aromatic carbocycles. The second kappa shape index (κ2) is 40.7. The highest BCUT2D eigenvalue weighted by molar-refractivity contribution is 8.76. The Morgan fingerprint density at radius 3 is 1.95 bits per heavy atom. The summed E-state index contributed by atoms with van der Waals surface area (Å²) in [7, 11) is 3.04. The van der Waals surface area contributed by atoms with Crippen LogP contribution in [0.15, 0.2) is 6.20 Å². The summed E-state index contributed by atoms with van der Waals surface area (Å²) in [6.45, 7) is 10.6.